The molecule has 6 heteroatoms. The average molecular weight is 363 g/mol. The van der Waals surface area contributed by atoms with Gasteiger partial charge in [0.1, 0.15) is 6.04 Å². The normalized spacial score (nSPS) is 19.1. The summed E-state index contributed by atoms with van der Waals surface area (Å²) in [6.07, 6.45) is 0. The van der Waals surface area contributed by atoms with Gasteiger partial charge in [0.2, 0.25) is 0 Å². The van der Waals surface area contributed by atoms with Gasteiger partial charge < -0.3 is 4.90 Å². The molecule has 0 radical (unpaired) electrons. The predicted molar refractivity (Wildman–Crippen MR) is 95.8 cm³/mol. The van der Waals surface area contributed by atoms with E-state index >= 15 is 0 Å². The van der Waals surface area contributed by atoms with Gasteiger partial charge in [-0.15, -0.1) is 0 Å². The van der Waals surface area contributed by atoms with Crippen molar-refractivity contribution in [3.63, 3.8) is 0 Å². The summed E-state index contributed by atoms with van der Waals surface area (Å²) < 4.78 is 0. The number of amides is 3. The summed E-state index contributed by atoms with van der Waals surface area (Å²) in [5.74, 6) is -0.413. The molecular formula is C18H16Cl2N2O2. The second kappa shape index (κ2) is 6.46. The van der Waals surface area contributed by atoms with Crippen LogP contribution in [0.3, 0.4) is 0 Å². The first-order chi connectivity index (χ1) is 11.4. The zero-order valence-corrected chi connectivity index (χ0v) is 14.8. The molecule has 4 nitrogen and oxygen atoms in total. The van der Waals surface area contributed by atoms with Gasteiger partial charge in [0.25, 0.3) is 5.91 Å². The molecular weight excluding hydrogens is 347 g/mol. The number of halogens is 2. The number of carbonyl (C=O) groups excluding carboxylic acids is 2. The van der Waals surface area contributed by atoms with Crippen LogP contribution in [0.2, 0.25) is 10.0 Å². The van der Waals surface area contributed by atoms with Crippen LogP contribution in [0.1, 0.15) is 18.4 Å². The molecule has 1 fully saturated rings. The highest BCUT2D eigenvalue weighted by Gasteiger charge is 2.46. The van der Waals surface area contributed by atoms with Crippen LogP contribution in [-0.4, -0.2) is 29.9 Å². The Morgan fingerprint density at radius 2 is 1.58 bits per heavy atom. The van der Waals surface area contributed by atoms with Gasteiger partial charge in [0, 0.05) is 23.0 Å². The number of benzene rings is 2. The van der Waals surface area contributed by atoms with Crippen molar-refractivity contribution in [2.45, 2.75) is 18.9 Å². The summed E-state index contributed by atoms with van der Waals surface area (Å²) in [5, 5.41) is 0.751. The summed E-state index contributed by atoms with van der Waals surface area (Å²) in [6.45, 7) is 1.94. The maximum absolute atomic E-state index is 12.9. The van der Waals surface area contributed by atoms with E-state index in [9.17, 15) is 9.59 Å². The number of likely N-dealkylation sites (N-methyl/N-ethyl adjacent to an activating group) is 1. The monoisotopic (exact) mass is 362 g/mol. The number of hydrogen-bond donors (Lipinski definition) is 0. The molecule has 24 heavy (non-hydrogen) atoms. The molecule has 1 saturated heterocycles. The average Bonchev–Trinajstić information content (AvgIpc) is 2.76. The van der Waals surface area contributed by atoms with Crippen LogP contribution in [-0.2, 0) is 4.79 Å². The van der Waals surface area contributed by atoms with E-state index in [0.29, 0.717) is 15.7 Å². The fourth-order valence-corrected chi connectivity index (χ4v) is 3.58. The van der Waals surface area contributed by atoms with Crippen LogP contribution >= 0.6 is 23.2 Å². The second-order valence-electron chi connectivity index (χ2n) is 5.84. The number of anilines is 1. The highest BCUT2D eigenvalue weighted by Crippen LogP contribution is 2.34. The molecule has 0 aromatic heterocycles. The Kier molecular flexibility index (Phi) is 4.52. The first kappa shape index (κ1) is 16.8. The summed E-state index contributed by atoms with van der Waals surface area (Å²) in [6, 6.07) is 13.4. The van der Waals surface area contributed by atoms with Crippen molar-refractivity contribution in [2.75, 3.05) is 11.9 Å². The number of nitrogens with zero attached hydrogens (tertiary/aromatic N) is 2. The van der Waals surface area contributed by atoms with Crippen molar-refractivity contribution in [3.8, 4) is 0 Å². The van der Waals surface area contributed by atoms with Crippen LogP contribution in [0.25, 0.3) is 0 Å². The maximum atomic E-state index is 12.9. The minimum absolute atomic E-state index is 0.132. The Labute approximate surface area is 150 Å². The molecule has 2 atom stereocenters. The van der Waals surface area contributed by atoms with E-state index in [2.05, 4.69) is 0 Å². The smallest absolute Gasteiger partial charge is 0.314 e. The molecule has 3 rings (SSSR count). The van der Waals surface area contributed by atoms with E-state index in [1.165, 1.54) is 4.90 Å². The fraction of sp³-hybridized carbons (Fsp3) is 0.222. The Balaban J connectivity index is 1.97. The topological polar surface area (TPSA) is 40.6 Å². The van der Waals surface area contributed by atoms with Crippen molar-refractivity contribution in [3.05, 3.63) is 64.1 Å². The Bertz CT molecular complexity index is 775. The summed E-state index contributed by atoms with van der Waals surface area (Å²) >= 11 is 12.0. The molecule has 0 unspecified atom stereocenters. The lowest BCUT2D eigenvalue weighted by Crippen LogP contribution is -2.36. The van der Waals surface area contributed by atoms with E-state index in [1.807, 2.05) is 37.3 Å². The summed E-state index contributed by atoms with van der Waals surface area (Å²) in [4.78, 5) is 28.2. The van der Waals surface area contributed by atoms with Gasteiger partial charge in [0.15, 0.2) is 0 Å². The second-order valence-corrected chi connectivity index (χ2v) is 6.71. The van der Waals surface area contributed by atoms with E-state index < -0.39 is 6.04 Å². The Morgan fingerprint density at radius 3 is 2.17 bits per heavy atom. The lowest BCUT2D eigenvalue weighted by Gasteiger charge is -2.23. The quantitative estimate of drug-likeness (QED) is 0.750. The van der Waals surface area contributed by atoms with Crippen LogP contribution in [0.4, 0.5) is 10.5 Å². The van der Waals surface area contributed by atoms with Gasteiger partial charge in [-0.1, -0.05) is 60.5 Å². The highest BCUT2D eigenvalue weighted by atomic mass is 35.5. The molecule has 2 aromatic carbocycles. The predicted octanol–water partition coefficient (Wildman–Crippen LogP) is 4.56. The molecule has 1 aliphatic rings. The minimum Gasteiger partial charge on any atom is -0.314 e. The summed E-state index contributed by atoms with van der Waals surface area (Å²) in [7, 11) is 1.64. The van der Waals surface area contributed by atoms with Gasteiger partial charge in [-0.25, -0.2) is 9.69 Å². The van der Waals surface area contributed by atoms with Gasteiger partial charge in [0.05, 0.1) is 5.69 Å². The van der Waals surface area contributed by atoms with Crippen molar-refractivity contribution in [2.24, 2.45) is 0 Å². The first-order valence-electron chi connectivity index (χ1n) is 7.52. The van der Waals surface area contributed by atoms with E-state index in [1.54, 1.807) is 25.2 Å². The number of imide groups is 1. The maximum Gasteiger partial charge on any atom is 0.331 e. The zero-order valence-electron chi connectivity index (χ0n) is 13.2. The first-order valence-corrected chi connectivity index (χ1v) is 8.27. The van der Waals surface area contributed by atoms with Crippen molar-refractivity contribution < 1.29 is 9.59 Å². The molecule has 1 heterocycles. The Morgan fingerprint density at radius 1 is 1.00 bits per heavy atom. The lowest BCUT2D eigenvalue weighted by atomic mass is 9.92. The van der Waals surface area contributed by atoms with Gasteiger partial charge in [-0.2, -0.15) is 0 Å². The minimum atomic E-state index is -0.572. The van der Waals surface area contributed by atoms with Crippen LogP contribution in [0.15, 0.2) is 48.5 Å². The SMILES string of the molecule is C[C@@H](c1ccccc1)[C@@H]1C(=O)N(c2cc(Cl)cc(Cl)c2)C(=O)N1C. The standard InChI is InChI=1S/C18H16Cl2N2O2/c1-11(12-6-4-3-5-7-12)16-17(23)22(18(24)21(16)2)15-9-13(19)8-14(20)10-15/h3-11,16H,1-2H3/t11-,16+/m0/s1. The van der Waals surface area contributed by atoms with Crippen molar-refractivity contribution in [1.82, 2.24) is 4.90 Å². The molecule has 3 amide bonds. The number of carbonyl (C=O) groups is 2. The van der Waals surface area contributed by atoms with E-state index in [4.69, 9.17) is 23.2 Å². The lowest BCUT2D eigenvalue weighted by molar-refractivity contribution is -0.120. The molecule has 0 aliphatic carbocycles. The molecule has 1 aliphatic heterocycles. The van der Waals surface area contributed by atoms with E-state index in [-0.39, 0.29) is 17.9 Å². The van der Waals surface area contributed by atoms with Crippen LogP contribution in [0.5, 0.6) is 0 Å². The molecule has 0 N–H and O–H groups in total. The molecule has 124 valence electrons. The molecule has 0 bridgehead atoms. The van der Waals surface area contributed by atoms with Crippen LogP contribution < -0.4 is 4.90 Å². The zero-order chi connectivity index (χ0) is 17.4. The number of hydrogen-bond acceptors (Lipinski definition) is 2. The Hall–Kier alpha value is -2.04. The summed E-state index contributed by atoms with van der Waals surface area (Å²) in [5.41, 5.74) is 1.39. The van der Waals surface area contributed by atoms with E-state index in [0.717, 1.165) is 10.5 Å². The number of rotatable bonds is 3. The molecule has 2 aromatic rings. The third kappa shape index (κ3) is 2.87. The van der Waals surface area contributed by atoms with Crippen molar-refractivity contribution >= 4 is 40.8 Å². The third-order valence-electron chi connectivity index (χ3n) is 4.29. The molecule has 0 saturated carbocycles. The highest BCUT2D eigenvalue weighted by molar-refractivity contribution is 6.35. The third-order valence-corrected chi connectivity index (χ3v) is 4.72. The number of urea groups is 1. The van der Waals surface area contributed by atoms with Gasteiger partial charge >= 0.3 is 6.03 Å². The van der Waals surface area contributed by atoms with Gasteiger partial charge in [-0.3, -0.25) is 4.79 Å². The van der Waals surface area contributed by atoms with Crippen LogP contribution in [0, 0.1) is 0 Å². The fourth-order valence-electron chi connectivity index (χ4n) is 3.06. The van der Waals surface area contributed by atoms with Crippen molar-refractivity contribution in [1.29, 1.82) is 0 Å². The molecule has 0 spiro atoms. The largest absolute Gasteiger partial charge is 0.331 e. The van der Waals surface area contributed by atoms with Gasteiger partial charge in [-0.05, 0) is 23.8 Å².